The Kier molecular flexibility index (Phi) is 24.8. The number of nitrogens with zero attached hydrogens (tertiary/aromatic N) is 10. The van der Waals surface area contributed by atoms with Gasteiger partial charge in [0.15, 0.2) is 22.5 Å². The summed E-state index contributed by atoms with van der Waals surface area (Å²) in [5.41, 5.74) is 5.16. The number of alkyl halides is 6. The number of aromatic nitrogens is 8. The molecule has 0 saturated carbocycles. The molecule has 4 aliphatic rings. The molecule has 0 unspecified atom stereocenters. The lowest BCUT2D eigenvalue weighted by Gasteiger charge is -2.26. The van der Waals surface area contributed by atoms with Crippen molar-refractivity contribution in [3.8, 4) is 11.5 Å². The predicted octanol–water partition coefficient (Wildman–Crippen LogP) is 14.0. The van der Waals surface area contributed by atoms with Crippen LogP contribution >= 0.6 is 0 Å². The van der Waals surface area contributed by atoms with Gasteiger partial charge in [0.25, 0.3) is 0 Å². The van der Waals surface area contributed by atoms with E-state index >= 15 is 0 Å². The molecular weight excluding hydrogens is 1410 g/mol. The maximum Gasteiger partial charge on any atom is 0.435 e. The van der Waals surface area contributed by atoms with Crippen molar-refractivity contribution in [3.05, 3.63) is 165 Å². The molecule has 4 aromatic carbocycles. The monoisotopic (exact) mass is 1500 g/mol. The SMILES string of the molecule is COc1ccc2c3cc(F)nc(C)c3n(CCCN3CCOCC3)c2c1.COc1ccc2c3ccnc(C(F)(F)F)c3n(CCCCN3CCOCC3)c2c1.Cc1[nH]c(F)cc2c3ccc(=O)cc3n(CCCN3CCOCC3)c12.O=c1ccc2c3cc[nH]c(C(F)(F)F)c3n(CCCCN3CCOCC3)c2c1. The van der Waals surface area contributed by atoms with E-state index in [9.17, 15) is 44.7 Å². The van der Waals surface area contributed by atoms with Crippen molar-refractivity contribution in [1.29, 1.82) is 0 Å². The van der Waals surface area contributed by atoms with E-state index in [4.69, 9.17) is 28.4 Å². The molecule has 108 heavy (non-hydrogen) atoms. The summed E-state index contributed by atoms with van der Waals surface area (Å²) in [6, 6.07) is 27.2. The topological polar surface area (TPSA) is 180 Å². The molecule has 8 aromatic heterocycles. The van der Waals surface area contributed by atoms with Gasteiger partial charge in [-0.05, 0) is 126 Å². The minimum absolute atomic E-state index is 0.0214. The number of unbranched alkanes of at least 4 members (excludes halogenated alkanes) is 2. The van der Waals surface area contributed by atoms with Gasteiger partial charge in [0.2, 0.25) is 5.95 Å². The number of rotatable bonds is 20. The zero-order valence-corrected chi connectivity index (χ0v) is 61.4. The van der Waals surface area contributed by atoms with Crippen LogP contribution in [0.3, 0.4) is 0 Å². The Hall–Kier alpha value is -9.00. The number of aryl methyl sites for hydroxylation is 6. The smallest absolute Gasteiger partial charge is 0.435 e. The molecule has 28 heteroatoms. The van der Waals surface area contributed by atoms with E-state index in [0.717, 1.165) is 255 Å². The molecule has 0 amide bonds. The molecule has 0 atom stereocenters. The Balaban J connectivity index is 0.000000127. The van der Waals surface area contributed by atoms with E-state index < -0.39 is 29.7 Å². The maximum absolute atomic E-state index is 13.9. The number of aromatic amines is 2. The van der Waals surface area contributed by atoms with Crippen molar-refractivity contribution in [3.63, 3.8) is 0 Å². The van der Waals surface area contributed by atoms with Gasteiger partial charge in [-0.2, -0.15) is 35.1 Å². The number of nitrogens with one attached hydrogen (secondary N) is 2. The van der Waals surface area contributed by atoms with Crippen molar-refractivity contribution in [2.45, 2.75) is 90.9 Å². The average Bonchev–Trinajstić information content (AvgIpc) is 1.63. The van der Waals surface area contributed by atoms with Gasteiger partial charge in [0.1, 0.15) is 17.2 Å². The molecule has 16 rings (SSSR count). The van der Waals surface area contributed by atoms with Crippen molar-refractivity contribution >= 4 is 87.2 Å². The zero-order valence-electron chi connectivity index (χ0n) is 61.4. The summed E-state index contributed by atoms with van der Waals surface area (Å²) >= 11 is 0. The van der Waals surface area contributed by atoms with E-state index in [-0.39, 0.29) is 27.8 Å². The predicted molar refractivity (Wildman–Crippen MR) is 404 cm³/mol. The van der Waals surface area contributed by atoms with Crippen LogP contribution in [0, 0.1) is 25.7 Å². The standard InChI is InChI=1S/C21H24F3N3O2.C20H22F3N3O2.C20H24FN3O2.C19H22FN3O2/c1-28-15-4-5-16-17-6-7-25-20(21(22,23)24)19(17)27(18(16)14-15)9-3-2-8-26-10-12-29-13-11-26;21-20(22,23)19-18-16(5-6-24-19)15-4-3-14(27)13-17(15)26(18)8-2-1-7-25-9-11-28-12-10-25;1-14-20-17(13-19(21)22-14)16-5-4-15(25-2)12-18(16)24(20)7-3-6-23-8-10-26-11-9-23;1-13-19-16(12-18(20)21-13)15-4-3-14(24)11-17(15)23(19)6-2-5-22-7-9-25-10-8-22/h4-7,14H,2-3,8-13H2,1H3;3-6,13,24H,1-2,7-12H2;4-5,12-13H,3,6-11H2,1-2H3;3-4,11-12,21H,2,5-10H2,1H3. The Bertz CT molecular complexity index is 5220. The number of fused-ring (bicyclic) bond motifs is 12. The summed E-state index contributed by atoms with van der Waals surface area (Å²) in [7, 11) is 3.22. The molecule has 4 aliphatic heterocycles. The fourth-order valence-corrected chi connectivity index (χ4v) is 15.7. The first-order chi connectivity index (χ1) is 52.2. The molecule has 576 valence electrons. The van der Waals surface area contributed by atoms with Gasteiger partial charge >= 0.3 is 12.4 Å². The lowest BCUT2D eigenvalue weighted by atomic mass is 10.1. The van der Waals surface area contributed by atoms with Crippen LogP contribution in [0.5, 0.6) is 11.5 Å². The molecule has 0 aliphatic carbocycles. The number of hydrogen-bond acceptors (Lipinski definition) is 14. The number of morpholine rings is 4. The summed E-state index contributed by atoms with van der Waals surface area (Å²) < 4.78 is 150. The van der Waals surface area contributed by atoms with Crippen molar-refractivity contribution in [2.75, 3.05) is 146 Å². The Morgan fingerprint density at radius 2 is 0.824 bits per heavy atom. The number of halogens is 8. The van der Waals surface area contributed by atoms with E-state index in [1.54, 1.807) is 71.9 Å². The molecular formula is C80H92F8N12O8. The van der Waals surface area contributed by atoms with Crippen LogP contribution in [0.25, 0.3) is 87.2 Å². The second-order valence-corrected chi connectivity index (χ2v) is 27.8. The molecule has 20 nitrogen and oxygen atoms in total. The van der Waals surface area contributed by atoms with Gasteiger partial charge in [-0.3, -0.25) is 29.2 Å². The first kappa shape index (κ1) is 77.2. The third-order valence-electron chi connectivity index (χ3n) is 20.9. The zero-order chi connectivity index (χ0) is 75.6. The van der Waals surface area contributed by atoms with Gasteiger partial charge in [0, 0.05) is 189 Å². The van der Waals surface area contributed by atoms with Crippen LogP contribution in [0.4, 0.5) is 35.1 Å². The van der Waals surface area contributed by atoms with Crippen LogP contribution < -0.4 is 20.3 Å². The molecule has 4 saturated heterocycles. The minimum atomic E-state index is -4.51. The quantitative estimate of drug-likeness (QED) is 0.0418. The van der Waals surface area contributed by atoms with Crippen molar-refractivity contribution < 1.29 is 63.5 Å². The van der Waals surface area contributed by atoms with Gasteiger partial charge in [-0.25, -0.2) is 9.97 Å². The van der Waals surface area contributed by atoms with E-state index in [1.807, 2.05) is 38.1 Å². The molecule has 0 spiro atoms. The highest BCUT2D eigenvalue weighted by molar-refractivity contribution is 6.11. The number of ether oxygens (including phenoxy) is 6. The van der Waals surface area contributed by atoms with Crippen LogP contribution in [0.1, 0.15) is 61.3 Å². The number of hydrogen-bond donors (Lipinski definition) is 2. The van der Waals surface area contributed by atoms with Crippen molar-refractivity contribution in [1.82, 2.24) is 57.8 Å². The molecule has 2 N–H and O–H groups in total. The lowest BCUT2D eigenvalue weighted by molar-refractivity contribution is -0.140. The number of methoxy groups -OCH3 is 2. The highest BCUT2D eigenvalue weighted by Crippen LogP contribution is 2.41. The van der Waals surface area contributed by atoms with Gasteiger partial charge in [0.05, 0.1) is 117 Å². The summed E-state index contributed by atoms with van der Waals surface area (Å²) in [5, 5.41) is 6.26. The Labute approximate surface area is 618 Å². The molecule has 12 heterocycles. The van der Waals surface area contributed by atoms with Crippen LogP contribution in [-0.4, -0.2) is 203 Å². The van der Waals surface area contributed by atoms with Crippen LogP contribution in [-0.2, 0) is 57.5 Å². The van der Waals surface area contributed by atoms with Gasteiger partial charge < -0.3 is 56.7 Å². The summed E-state index contributed by atoms with van der Waals surface area (Å²) in [6.45, 7) is 23.8. The minimum Gasteiger partial charge on any atom is -0.497 e. The largest absolute Gasteiger partial charge is 0.497 e. The van der Waals surface area contributed by atoms with E-state index in [1.165, 1.54) is 36.7 Å². The molecule has 0 bridgehead atoms. The first-order valence-corrected chi connectivity index (χ1v) is 37.1. The number of H-pyrrole nitrogens is 2. The molecule has 12 aromatic rings. The fraction of sp³-hybridized carbons (Fsp3) is 0.450. The highest BCUT2D eigenvalue weighted by atomic mass is 19.4. The normalized spacial score (nSPS) is 16.0. The molecule has 0 radical (unpaired) electrons. The van der Waals surface area contributed by atoms with E-state index in [2.05, 4.69) is 48.7 Å². The van der Waals surface area contributed by atoms with Crippen molar-refractivity contribution in [2.24, 2.45) is 0 Å². The van der Waals surface area contributed by atoms with Gasteiger partial charge in [-0.1, -0.05) is 0 Å². The van der Waals surface area contributed by atoms with Crippen LogP contribution in [0.15, 0.2) is 119 Å². The number of pyridine rings is 4. The van der Waals surface area contributed by atoms with Crippen LogP contribution in [0.2, 0.25) is 0 Å². The average molecular weight is 1500 g/mol. The lowest BCUT2D eigenvalue weighted by Crippen LogP contribution is -2.37. The summed E-state index contributed by atoms with van der Waals surface area (Å²) in [6.07, 6.45) is -1.20. The van der Waals surface area contributed by atoms with E-state index in [0.29, 0.717) is 40.5 Å². The fourth-order valence-electron chi connectivity index (χ4n) is 15.7. The van der Waals surface area contributed by atoms with Gasteiger partial charge in [-0.15, -0.1) is 0 Å². The highest BCUT2D eigenvalue weighted by Gasteiger charge is 2.38. The second-order valence-electron chi connectivity index (χ2n) is 27.8. The maximum atomic E-state index is 13.9. The summed E-state index contributed by atoms with van der Waals surface area (Å²) in [5.74, 6) is 0.638. The molecule has 4 fully saturated rings. The third-order valence-corrected chi connectivity index (χ3v) is 20.9. The Morgan fingerprint density at radius 3 is 1.30 bits per heavy atom. The first-order valence-electron chi connectivity index (χ1n) is 37.1. The Morgan fingerprint density at radius 1 is 0.426 bits per heavy atom. The third kappa shape index (κ3) is 17.7. The summed E-state index contributed by atoms with van der Waals surface area (Å²) in [4.78, 5) is 46.1. The second kappa shape index (κ2) is 34.7. The number of benzene rings is 4.